The molecule has 2 heterocycles. The number of halogens is 1. The van der Waals surface area contributed by atoms with E-state index in [1.165, 1.54) is 12.8 Å². The molecule has 3 rings (SSSR count). The van der Waals surface area contributed by atoms with Crippen molar-refractivity contribution in [3.63, 3.8) is 0 Å². The summed E-state index contributed by atoms with van der Waals surface area (Å²) >= 11 is 3.42. The van der Waals surface area contributed by atoms with Gasteiger partial charge in [-0.15, -0.1) is 0 Å². The average Bonchev–Trinajstić information content (AvgIpc) is 3.13. The minimum Gasteiger partial charge on any atom is -0.369 e. The zero-order valence-corrected chi connectivity index (χ0v) is 12.1. The van der Waals surface area contributed by atoms with E-state index in [0.29, 0.717) is 30.6 Å². The molecule has 0 aliphatic heterocycles. The molecule has 6 nitrogen and oxygen atoms in total. The molecule has 0 aromatic carbocycles. The molecule has 100 valence electrons. The van der Waals surface area contributed by atoms with Crippen molar-refractivity contribution in [3.05, 3.63) is 28.2 Å². The lowest BCUT2D eigenvalue weighted by Crippen LogP contribution is -2.09. The predicted octanol–water partition coefficient (Wildman–Crippen LogP) is 2.46. The number of hydrogen-bond acceptors (Lipinski definition) is 6. The summed E-state index contributed by atoms with van der Waals surface area (Å²) in [6, 6.07) is 1.88. The molecule has 0 bridgehead atoms. The molecular formula is C12H14BrN5O. The van der Waals surface area contributed by atoms with Gasteiger partial charge in [0.25, 0.3) is 0 Å². The number of nitrogens with zero attached hydrogens (tertiary/aromatic N) is 4. The molecule has 1 saturated carbocycles. The van der Waals surface area contributed by atoms with Gasteiger partial charge in [0, 0.05) is 31.9 Å². The molecule has 2 aromatic rings. The summed E-state index contributed by atoms with van der Waals surface area (Å²) in [7, 11) is 0. The van der Waals surface area contributed by atoms with Crippen molar-refractivity contribution in [1.82, 2.24) is 20.1 Å². The van der Waals surface area contributed by atoms with Crippen LogP contribution in [0, 0.1) is 6.92 Å². The molecule has 0 atom stereocenters. The van der Waals surface area contributed by atoms with Crippen LogP contribution in [-0.2, 0) is 6.42 Å². The van der Waals surface area contributed by atoms with Crippen molar-refractivity contribution in [2.45, 2.75) is 32.1 Å². The van der Waals surface area contributed by atoms with Crippen LogP contribution in [0.4, 0.5) is 5.82 Å². The Bertz CT molecular complexity index is 581. The highest BCUT2D eigenvalue weighted by atomic mass is 79.9. The normalized spacial score (nSPS) is 14.6. The molecule has 2 aromatic heterocycles. The molecule has 1 N–H and O–H groups in total. The van der Waals surface area contributed by atoms with Gasteiger partial charge in [0.15, 0.2) is 5.82 Å². The number of rotatable bonds is 5. The van der Waals surface area contributed by atoms with E-state index in [2.05, 4.69) is 41.4 Å². The fourth-order valence-electron chi connectivity index (χ4n) is 1.80. The van der Waals surface area contributed by atoms with Crippen LogP contribution in [0.2, 0.25) is 0 Å². The van der Waals surface area contributed by atoms with E-state index in [4.69, 9.17) is 4.52 Å². The van der Waals surface area contributed by atoms with Crippen LogP contribution in [0.25, 0.3) is 0 Å². The van der Waals surface area contributed by atoms with Gasteiger partial charge in [-0.1, -0.05) is 5.16 Å². The molecule has 0 saturated heterocycles. The maximum Gasteiger partial charge on any atom is 0.223 e. The van der Waals surface area contributed by atoms with Crippen molar-refractivity contribution >= 4 is 21.7 Å². The Labute approximate surface area is 119 Å². The van der Waals surface area contributed by atoms with Gasteiger partial charge in [0.2, 0.25) is 5.89 Å². The monoisotopic (exact) mass is 323 g/mol. The molecule has 0 radical (unpaired) electrons. The summed E-state index contributed by atoms with van der Waals surface area (Å²) in [6.07, 6.45) is 3.09. The zero-order valence-electron chi connectivity index (χ0n) is 10.6. The summed E-state index contributed by atoms with van der Waals surface area (Å²) in [5, 5.41) is 7.12. The average molecular weight is 324 g/mol. The molecule has 1 aliphatic rings. The molecule has 0 amide bonds. The Hall–Kier alpha value is -1.50. The summed E-state index contributed by atoms with van der Waals surface area (Å²) in [6.45, 7) is 2.50. The SMILES string of the molecule is Cc1nc(CCNc2cc(Br)nc(C3CC3)n2)no1. The molecule has 0 unspecified atom stereocenters. The molecule has 0 spiro atoms. The summed E-state index contributed by atoms with van der Waals surface area (Å²) in [4.78, 5) is 13.1. The van der Waals surface area contributed by atoms with Crippen molar-refractivity contribution in [2.75, 3.05) is 11.9 Å². The minimum absolute atomic E-state index is 0.540. The second kappa shape index (κ2) is 5.24. The Balaban J connectivity index is 1.60. The first-order chi connectivity index (χ1) is 9.20. The molecule has 19 heavy (non-hydrogen) atoms. The van der Waals surface area contributed by atoms with E-state index in [0.717, 1.165) is 16.2 Å². The van der Waals surface area contributed by atoms with Gasteiger partial charge in [-0.3, -0.25) is 0 Å². The third kappa shape index (κ3) is 3.28. The van der Waals surface area contributed by atoms with Crippen LogP contribution >= 0.6 is 15.9 Å². The highest BCUT2D eigenvalue weighted by Crippen LogP contribution is 2.38. The van der Waals surface area contributed by atoms with E-state index in [1.807, 2.05) is 6.07 Å². The number of nitrogens with one attached hydrogen (secondary N) is 1. The first kappa shape index (κ1) is 12.5. The van der Waals surface area contributed by atoms with Crippen molar-refractivity contribution in [2.24, 2.45) is 0 Å². The number of anilines is 1. The zero-order chi connectivity index (χ0) is 13.2. The molecular weight excluding hydrogens is 310 g/mol. The van der Waals surface area contributed by atoms with Gasteiger partial charge in [-0.25, -0.2) is 9.97 Å². The van der Waals surface area contributed by atoms with Crippen LogP contribution in [0.15, 0.2) is 15.2 Å². The Morgan fingerprint density at radius 3 is 2.89 bits per heavy atom. The lowest BCUT2D eigenvalue weighted by Gasteiger charge is -2.06. The van der Waals surface area contributed by atoms with Crippen molar-refractivity contribution in [3.8, 4) is 0 Å². The maximum absolute atomic E-state index is 4.92. The quantitative estimate of drug-likeness (QED) is 0.852. The van der Waals surface area contributed by atoms with E-state index >= 15 is 0 Å². The smallest absolute Gasteiger partial charge is 0.223 e. The van der Waals surface area contributed by atoms with Gasteiger partial charge in [0.1, 0.15) is 16.2 Å². The van der Waals surface area contributed by atoms with Crippen LogP contribution in [0.3, 0.4) is 0 Å². The lowest BCUT2D eigenvalue weighted by atomic mass is 10.3. The molecule has 7 heteroatoms. The second-order valence-electron chi connectivity index (χ2n) is 4.61. The van der Waals surface area contributed by atoms with Gasteiger partial charge < -0.3 is 9.84 Å². The van der Waals surface area contributed by atoms with Crippen LogP contribution in [0.1, 0.15) is 36.3 Å². The predicted molar refractivity (Wildman–Crippen MR) is 72.9 cm³/mol. The van der Waals surface area contributed by atoms with Gasteiger partial charge >= 0.3 is 0 Å². The largest absolute Gasteiger partial charge is 0.369 e. The van der Waals surface area contributed by atoms with Crippen molar-refractivity contribution in [1.29, 1.82) is 0 Å². The van der Waals surface area contributed by atoms with E-state index in [1.54, 1.807) is 6.92 Å². The highest BCUT2D eigenvalue weighted by Gasteiger charge is 2.27. The van der Waals surface area contributed by atoms with E-state index in [-0.39, 0.29) is 0 Å². The number of hydrogen-bond donors (Lipinski definition) is 1. The summed E-state index contributed by atoms with van der Waals surface area (Å²) < 4.78 is 5.74. The Morgan fingerprint density at radius 1 is 1.37 bits per heavy atom. The second-order valence-corrected chi connectivity index (χ2v) is 5.43. The van der Waals surface area contributed by atoms with E-state index < -0.39 is 0 Å². The Morgan fingerprint density at radius 2 is 2.21 bits per heavy atom. The standard InChI is InChI=1S/C12H14BrN5O/c1-7-15-10(18-19-7)4-5-14-11-6-9(13)16-12(17-11)8-2-3-8/h6,8H,2-5H2,1H3,(H,14,16,17). The van der Waals surface area contributed by atoms with Gasteiger partial charge in [-0.2, -0.15) is 4.98 Å². The minimum atomic E-state index is 0.540. The number of aromatic nitrogens is 4. The summed E-state index contributed by atoms with van der Waals surface area (Å²) in [5.41, 5.74) is 0. The first-order valence-corrected chi connectivity index (χ1v) is 7.07. The third-order valence-electron chi connectivity index (χ3n) is 2.88. The maximum atomic E-state index is 4.92. The molecule has 1 aliphatic carbocycles. The number of aryl methyl sites for hydroxylation is 1. The van der Waals surface area contributed by atoms with E-state index in [9.17, 15) is 0 Å². The third-order valence-corrected chi connectivity index (χ3v) is 3.29. The first-order valence-electron chi connectivity index (χ1n) is 6.28. The van der Waals surface area contributed by atoms with Crippen LogP contribution in [-0.4, -0.2) is 26.7 Å². The van der Waals surface area contributed by atoms with Crippen LogP contribution in [0.5, 0.6) is 0 Å². The topological polar surface area (TPSA) is 76.7 Å². The highest BCUT2D eigenvalue weighted by molar-refractivity contribution is 9.10. The van der Waals surface area contributed by atoms with Crippen LogP contribution < -0.4 is 5.32 Å². The fourth-order valence-corrected chi connectivity index (χ4v) is 2.19. The van der Waals surface area contributed by atoms with Gasteiger partial charge in [-0.05, 0) is 28.8 Å². The van der Waals surface area contributed by atoms with Gasteiger partial charge in [0.05, 0.1) is 0 Å². The Kier molecular flexibility index (Phi) is 3.46. The summed E-state index contributed by atoms with van der Waals surface area (Å²) in [5.74, 6) is 3.60. The fraction of sp³-hybridized carbons (Fsp3) is 0.500. The lowest BCUT2D eigenvalue weighted by molar-refractivity contribution is 0.387. The molecule has 1 fully saturated rings. The van der Waals surface area contributed by atoms with Crippen molar-refractivity contribution < 1.29 is 4.52 Å².